The molecule has 0 atom stereocenters. The fourth-order valence-corrected chi connectivity index (χ4v) is 3.69. The average Bonchev–Trinajstić information content (AvgIpc) is 3.36. The van der Waals surface area contributed by atoms with Crippen molar-refractivity contribution in [3.05, 3.63) is 80.5 Å². The maximum atomic E-state index is 12.8. The summed E-state index contributed by atoms with van der Waals surface area (Å²) in [6.07, 6.45) is 1.04. The first-order valence-corrected chi connectivity index (χ1v) is 11.2. The van der Waals surface area contributed by atoms with Crippen molar-refractivity contribution < 1.29 is 23.5 Å². The van der Waals surface area contributed by atoms with E-state index in [0.717, 1.165) is 5.01 Å². The number of ether oxygens (including phenoxy) is 1. The van der Waals surface area contributed by atoms with E-state index < -0.39 is 17.8 Å². The van der Waals surface area contributed by atoms with Crippen LogP contribution in [-0.4, -0.2) is 23.9 Å². The molecule has 0 aliphatic carbocycles. The van der Waals surface area contributed by atoms with Gasteiger partial charge in [0, 0.05) is 5.56 Å². The highest BCUT2D eigenvalue weighted by Crippen LogP contribution is 2.31. The molecule has 0 radical (unpaired) electrons. The number of hydrogen-bond donors (Lipinski definition) is 1. The standard InChI is InChI=1S/C24H17Cl3N2O5/c1-12(2)33-24(32)16-9-13(3-6-18(16)25)21-8-5-15(34-21)11-17-22(30)28-29(23(17)31)14-4-7-19(26)20(27)10-14/h3-12H,1-2H3,(H,28,30)/b17-11-. The van der Waals surface area contributed by atoms with Crippen LogP contribution >= 0.6 is 34.8 Å². The van der Waals surface area contributed by atoms with Gasteiger partial charge in [-0.1, -0.05) is 34.8 Å². The molecule has 10 heteroatoms. The summed E-state index contributed by atoms with van der Waals surface area (Å²) in [7, 11) is 0. The normalized spacial score (nSPS) is 14.8. The van der Waals surface area contributed by atoms with E-state index in [1.165, 1.54) is 18.2 Å². The number of nitrogens with zero attached hydrogens (tertiary/aromatic N) is 1. The molecular formula is C24H17Cl3N2O5. The highest BCUT2D eigenvalue weighted by atomic mass is 35.5. The molecule has 2 amide bonds. The van der Waals surface area contributed by atoms with Crippen molar-refractivity contribution >= 4 is 64.3 Å². The van der Waals surface area contributed by atoms with Crippen LogP contribution in [0.3, 0.4) is 0 Å². The van der Waals surface area contributed by atoms with E-state index in [2.05, 4.69) is 5.43 Å². The van der Waals surface area contributed by atoms with Gasteiger partial charge in [-0.2, -0.15) is 0 Å². The van der Waals surface area contributed by atoms with Crippen molar-refractivity contribution in [2.24, 2.45) is 0 Å². The molecule has 0 spiro atoms. The van der Waals surface area contributed by atoms with Gasteiger partial charge in [-0.25, -0.2) is 9.80 Å². The molecule has 0 bridgehead atoms. The molecule has 0 unspecified atom stereocenters. The lowest BCUT2D eigenvalue weighted by molar-refractivity contribution is -0.117. The second kappa shape index (κ2) is 9.54. The second-order valence-corrected chi connectivity index (χ2v) is 8.81. The van der Waals surface area contributed by atoms with Crippen LogP contribution in [0, 0.1) is 0 Å². The van der Waals surface area contributed by atoms with E-state index in [1.807, 2.05) is 0 Å². The Hall–Kier alpha value is -3.26. The van der Waals surface area contributed by atoms with Crippen LogP contribution in [0.25, 0.3) is 17.4 Å². The molecule has 1 aliphatic rings. The number of hydrazine groups is 1. The molecule has 3 aromatic rings. The fourth-order valence-electron chi connectivity index (χ4n) is 3.20. The molecule has 34 heavy (non-hydrogen) atoms. The third kappa shape index (κ3) is 4.82. The highest BCUT2D eigenvalue weighted by Gasteiger charge is 2.35. The monoisotopic (exact) mass is 518 g/mol. The van der Waals surface area contributed by atoms with Gasteiger partial charge < -0.3 is 9.15 Å². The Morgan fingerprint density at radius 1 is 1.00 bits per heavy atom. The van der Waals surface area contributed by atoms with Gasteiger partial charge >= 0.3 is 5.97 Å². The maximum absolute atomic E-state index is 12.8. The van der Waals surface area contributed by atoms with Gasteiger partial charge in [0.25, 0.3) is 11.8 Å². The van der Waals surface area contributed by atoms with Gasteiger partial charge in [-0.3, -0.25) is 15.0 Å². The quantitative estimate of drug-likeness (QED) is 0.256. The molecule has 174 valence electrons. The van der Waals surface area contributed by atoms with Crippen LogP contribution < -0.4 is 10.4 Å². The number of carbonyl (C=O) groups excluding carboxylic acids is 3. The minimum absolute atomic E-state index is 0.121. The van der Waals surface area contributed by atoms with Crippen LogP contribution in [0.1, 0.15) is 30.0 Å². The third-order valence-electron chi connectivity index (χ3n) is 4.78. The molecular weight excluding hydrogens is 503 g/mol. The Labute approximate surface area is 209 Å². The molecule has 1 aromatic heterocycles. The number of furan rings is 1. The zero-order chi connectivity index (χ0) is 24.6. The predicted molar refractivity (Wildman–Crippen MR) is 130 cm³/mol. The molecule has 2 heterocycles. The molecule has 1 saturated heterocycles. The molecule has 1 aliphatic heterocycles. The maximum Gasteiger partial charge on any atom is 0.339 e. The first kappa shape index (κ1) is 23.9. The largest absolute Gasteiger partial charge is 0.459 e. The highest BCUT2D eigenvalue weighted by molar-refractivity contribution is 6.42. The van der Waals surface area contributed by atoms with E-state index >= 15 is 0 Å². The zero-order valence-corrected chi connectivity index (χ0v) is 20.2. The topological polar surface area (TPSA) is 88.9 Å². The number of esters is 1. The summed E-state index contributed by atoms with van der Waals surface area (Å²) in [5.41, 5.74) is 3.50. The lowest BCUT2D eigenvalue weighted by Crippen LogP contribution is -2.35. The number of rotatable bonds is 5. The van der Waals surface area contributed by atoms with Gasteiger partial charge in [-0.05, 0) is 68.5 Å². The average molecular weight is 520 g/mol. The van der Waals surface area contributed by atoms with Gasteiger partial charge in [0.05, 0.1) is 32.4 Å². The van der Waals surface area contributed by atoms with E-state index in [4.69, 9.17) is 44.0 Å². The Balaban J connectivity index is 1.59. The van der Waals surface area contributed by atoms with E-state index in [1.54, 1.807) is 50.2 Å². The number of nitrogens with one attached hydrogen (secondary N) is 1. The van der Waals surface area contributed by atoms with Crippen molar-refractivity contribution in [3.63, 3.8) is 0 Å². The van der Waals surface area contributed by atoms with Gasteiger partial charge in [0.2, 0.25) is 0 Å². The summed E-state index contributed by atoms with van der Waals surface area (Å²) < 4.78 is 11.0. The molecule has 1 fully saturated rings. The molecule has 2 aromatic carbocycles. The summed E-state index contributed by atoms with van der Waals surface area (Å²) in [6, 6.07) is 12.6. The molecule has 0 saturated carbocycles. The Morgan fingerprint density at radius 2 is 1.74 bits per heavy atom. The minimum atomic E-state index is -0.598. The summed E-state index contributed by atoms with van der Waals surface area (Å²) in [6.45, 7) is 3.48. The van der Waals surface area contributed by atoms with Crippen molar-refractivity contribution in [2.45, 2.75) is 20.0 Å². The Morgan fingerprint density at radius 3 is 2.44 bits per heavy atom. The van der Waals surface area contributed by atoms with Crippen LogP contribution in [0.5, 0.6) is 0 Å². The molecule has 4 rings (SSSR count). The van der Waals surface area contributed by atoms with Gasteiger partial charge in [-0.15, -0.1) is 0 Å². The van der Waals surface area contributed by atoms with Crippen LogP contribution in [0.2, 0.25) is 15.1 Å². The van der Waals surface area contributed by atoms with Crippen molar-refractivity contribution in [1.29, 1.82) is 0 Å². The van der Waals surface area contributed by atoms with Crippen LogP contribution in [0.4, 0.5) is 5.69 Å². The first-order chi connectivity index (χ1) is 16.1. The third-order valence-corrected chi connectivity index (χ3v) is 5.85. The summed E-state index contributed by atoms with van der Waals surface area (Å²) in [5.74, 6) is -1.04. The second-order valence-electron chi connectivity index (χ2n) is 7.59. The summed E-state index contributed by atoms with van der Waals surface area (Å²) in [4.78, 5) is 37.6. The number of hydrogen-bond acceptors (Lipinski definition) is 5. The van der Waals surface area contributed by atoms with E-state index in [0.29, 0.717) is 22.0 Å². The number of carbonyl (C=O) groups is 3. The van der Waals surface area contributed by atoms with Crippen molar-refractivity contribution in [1.82, 2.24) is 5.43 Å². The summed E-state index contributed by atoms with van der Waals surface area (Å²) in [5, 5.41) is 1.89. The minimum Gasteiger partial charge on any atom is -0.459 e. The Kier molecular flexibility index (Phi) is 6.70. The number of anilines is 1. The number of halogens is 3. The lowest BCUT2D eigenvalue weighted by atomic mass is 10.1. The van der Waals surface area contributed by atoms with Crippen molar-refractivity contribution in [2.75, 3.05) is 5.01 Å². The molecule has 1 N–H and O–H groups in total. The van der Waals surface area contributed by atoms with Crippen molar-refractivity contribution in [3.8, 4) is 11.3 Å². The lowest BCUT2D eigenvalue weighted by Gasteiger charge is -2.15. The van der Waals surface area contributed by atoms with Gasteiger partial charge in [0.1, 0.15) is 17.1 Å². The smallest absolute Gasteiger partial charge is 0.339 e. The van der Waals surface area contributed by atoms with Crippen LogP contribution in [-0.2, 0) is 14.3 Å². The first-order valence-electron chi connectivity index (χ1n) is 10.1. The van der Waals surface area contributed by atoms with E-state index in [-0.39, 0.29) is 33.0 Å². The number of benzene rings is 2. The zero-order valence-electron chi connectivity index (χ0n) is 17.9. The Bertz CT molecular complexity index is 1350. The summed E-state index contributed by atoms with van der Waals surface area (Å²) >= 11 is 18.1. The molecule has 7 nitrogen and oxygen atoms in total. The predicted octanol–water partition coefficient (Wildman–Crippen LogP) is 5.93. The fraction of sp³-hybridized carbons (Fsp3) is 0.125. The van der Waals surface area contributed by atoms with Crippen LogP contribution in [0.15, 0.2) is 58.5 Å². The SMILES string of the molecule is CC(C)OC(=O)c1cc(-c2ccc(/C=C3/C(=O)NN(c4ccc(Cl)c(Cl)c4)C3=O)o2)ccc1Cl. The number of amides is 2. The van der Waals surface area contributed by atoms with Gasteiger partial charge in [0.15, 0.2) is 0 Å². The van der Waals surface area contributed by atoms with E-state index in [9.17, 15) is 14.4 Å².